The molecule has 0 saturated carbocycles. The van der Waals surface area contributed by atoms with Gasteiger partial charge in [-0.25, -0.2) is 0 Å². The number of fused-ring (bicyclic) bond motifs is 1. The minimum atomic E-state index is -0.785. The first kappa shape index (κ1) is 9.83. The standard InChI is InChI=1S/C11H12O4/c1-7-4-9-10(15-6-14-9)5-8(7)2-3-11(12)13/h4-5H,2-3,6H2,1H3,(H,12,13). The van der Waals surface area contributed by atoms with Crippen molar-refractivity contribution in [3.05, 3.63) is 23.3 Å². The highest BCUT2D eigenvalue weighted by molar-refractivity contribution is 5.67. The first-order valence-electron chi connectivity index (χ1n) is 4.78. The van der Waals surface area contributed by atoms with Crippen LogP contribution in [0.2, 0.25) is 0 Å². The number of carboxylic acid groups (broad SMARTS) is 1. The van der Waals surface area contributed by atoms with Crippen molar-refractivity contribution in [3.8, 4) is 11.5 Å². The van der Waals surface area contributed by atoms with Crippen molar-refractivity contribution >= 4 is 5.97 Å². The highest BCUT2D eigenvalue weighted by Crippen LogP contribution is 2.34. The van der Waals surface area contributed by atoms with Crippen LogP contribution >= 0.6 is 0 Å². The number of aryl methyl sites for hydroxylation is 2. The number of benzene rings is 1. The maximum absolute atomic E-state index is 10.5. The van der Waals surface area contributed by atoms with Gasteiger partial charge in [0, 0.05) is 6.42 Å². The number of hydrogen-bond acceptors (Lipinski definition) is 3. The Balaban J connectivity index is 2.21. The molecule has 1 N–H and O–H groups in total. The third kappa shape index (κ3) is 2.03. The minimum Gasteiger partial charge on any atom is -0.481 e. The Labute approximate surface area is 87.4 Å². The predicted molar refractivity (Wildman–Crippen MR) is 53.3 cm³/mol. The van der Waals surface area contributed by atoms with Crippen LogP contribution in [-0.2, 0) is 11.2 Å². The Hall–Kier alpha value is -1.71. The highest BCUT2D eigenvalue weighted by Gasteiger charge is 2.15. The zero-order valence-corrected chi connectivity index (χ0v) is 8.45. The topological polar surface area (TPSA) is 55.8 Å². The zero-order chi connectivity index (χ0) is 10.8. The second-order valence-electron chi connectivity index (χ2n) is 3.53. The van der Waals surface area contributed by atoms with E-state index >= 15 is 0 Å². The van der Waals surface area contributed by atoms with Gasteiger partial charge >= 0.3 is 5.97 Å². The van der Waals surface area contributed by atoms with Crippen molar-refractivity contribution in [2.75, 3.05) is 6.79 Å². The largest absolute Gasteiger partial charge is 0.481 e. The van der Waals surface area contributed by atoms with Crippen LogP contribution in [0.3, 0.4) is 0 Å². The molecule has 0 saturated heterocycles. The van der Waals surface area contributed by atoms with E-state index in [1.165, 1.54) is 0 Å². The fraction of sp³-hybridized carbons (Fsp3) is 0.364. The molecule has 0 aliphatic carbocycles. The molecule has 4 heteroatoms. The average molecular weight is 208 g/mol. The number of carboxylic acids is 1. The van der Waals surface area contributed by atoms with E-state index < -0.39 is 5.97 Å². The number of ether oxygens (including phenoxy) is 2. The summed E-state index contributed by atoms with van der Waals surface area (Å²) in [6.45, 7) is 2.19. The second kappa shape index (κ2) is 3.81. The first-order chi connectivity index (χ1) is 7.16. The molecule has 0 fully saturated rings. The molecular weight excluding hydrogens is 196 g/mol. The third-order valence-electron chi connectivity index (χ3n) is 2.44. The van der Waals surface area contributed by atoms with Gasteiger partial charge in [0.25, 0.3) is 0 Å². The van der Waals surface area contributed by atoms with E-state index in [-0.39, 0.29) is 13.2 Å². The van der Waals surface area contributed by atoms with E-state index in [0.29, 0.717) is 12.2 Å². The van der Waals surface area contributed by atoms with Crippen molar-refractivity contribution in [3.63, 3.8) is 0 Å². The lowest BCUT2D eigenvalue weighted by molar-refractivity contribution is -0.136. The van der Waals surface area contributed by atoms with E-state index in [1.807, 2.05) is 19.1 Å². The normalized spacial score (nSPS) is 12.9. The monoisotopic (exact) mass is 208 g/mol. The van der Waals surface area contributed by atoms with Gasteiger partial charge < -0.3 is 14.6 Å². The van der Waals surface area contributed by atoms with Crippen LogP contribution in [0.4, 0.5) is 0 Å². The fourth-order valence-corrected chi connectivity index (χ4v) is 1.60. The molecule has 0 bridgehead atoms. The summed E-state index contributed by atoms with van der Waals surface area (Å²) in [5, 5.41) is 8.60. The number of carbonyl (C=O) groups is 1. The summed E-state index contributed by atoms with van der Waals surface area (Å²) in [7, 11) is 0. The molecule has 1 aromatic carbocycles. The van der Waals surface area contributed by atoms with Crippen LogP contribution in [0.1, 0.15) is 17.5 Å². The van der Waals surface area contributed by atoms with Gasteiger partial charge in [0.15, 0.2) is 11.5 Å². The Morgan fingerprint density at radius 2 is 2.07 bits per heavy atom. The molecule has 1 heterocycles. The third-order valence-corrected chi connectivity index (χ3v) is 2.44. The summed E-state index contributed by atoms with van der Waals surface area (Å²) in [4.78, 5) is 10.5. The molecule has 4 nitrogen and oxygen atoms in total. The lowest BCUT2D eigenvalue weighted by Gasteiger charge is -2.05. The van der Waals surface area contributed by atoms with Gasteiger partial charge in [-0.3, -0.25) is 4.79 Å². The van der Waals surface area contributed by atoms with Gasteiger partial charge in [-0.15, -0.1) is 0 Å². The quantitative estimate of drug-likeness (QED) is 0.822. The molecule has 0 radical (unpaired) electrons. The lowest BCUT2D eigenvalue weighted by Crippen LogP contribution is -1.99. The second-order valence-corrected chi connectivity index (χ2v) is 3.53. The molecule has 0 atom stereocenters. The summed E-state index contributed by atoms with van der Waals surface area (Å²) < 4.78 is 10.5. The van der Waals surface area contributed by atoms with Crippen molar-refractivity contribution in [2.24, 2.45) is 0 Å². The van der Waals surface area contributed by atoms with Gasteiger partial charge in [0.05, 0.1) is 0 Å². The van der Waals surface area contributed by atoms with Crippen LogP contribution in [-0.4, -0.2) is 17.9 Å². The smallest absolute Gasteiger partial charge is 0.303 e. The molecule has 1 aliphatic rings. The van der Waals surface area contributed by atoms with Crippen molar-refractivity contribution in [2.45, 2.75) is 19.8 Å². The van der Waals surface area contributed by atoms with E-state index in [4.69, 9.17) is 14.6 Å². The van der Waals surface area contributed by atoms with E-state index in [9.17, 15) is 4.79 Å². The average Bonchev–Trinajstić information content (AvgIpc) is 2.60. The zero-order valence-electron chi connectivity index (χ0n) is 8.45. The Morgan fingerprint density at radius 1 is 1.40 bits per heavy atom. The van der Waals surface area contributed by atoms with Crippen molar-refractivity contribution in [1.82, 2.24) is 0 Å². The van der Waals surface area contributed by atoms with E-state index in [1.54, 1.807) is 0 Å². The number of hydrogen-bond donors (Lipinski definition) is 1. The van der Waals surface area contributed by atoms with Gasteiger partial charge in [0.1, 0.15) is 0 Å². The number of rotatable bonds is 3. The van der Waals surface area contributed by atoms with Crippen LogP contribution < -0.4 is 9.47 Å². The molecule has 1 aliphatic heterocycles. The molecule has 80 valence electrons. The molecule has 2 rings (SSSR count). The first-order valence-corrected chi connectivity index (χ1v) is 4.78. The molecule has 0 spiro atoms. The maximum Gasteiger partial charge on any atom is 0.303 e. The van der Waals surface area contributed by atoms with Gasteiger partial charge in [-0.05, 0) is 36.6 Å². The van der Waals surface area contributed by atoms with Crippen LogP contribution in [0.25, 0.3) is 0 Å². The van der Waals surface area contributed by atoms with Gasteiger partial charge in [0.2, 0.25) is 6.79 Å². The predicted octanol–water partition coefficient (Wildman–Crippen LogP) is 1.74. The Morgan fingerprint density at radius 3 is 2.73 bits per heavy atom. The SMILES string of the molecule is Cc1cc2c(cc1CCC(=O)O)OCO2. The Kier molecular flexibility index (Phi) is 2.49. The summed E-state index contributed by atoms with van der Waals surface area (Å²) in [6.07, 6.45) is 0.665. The lowest BCUT2D eigenvalue weighted by atomic mass is 10.0. The summed E-state index contributed by atoms with van der Waals surface area (Å²) in [5.41, 5.74) is 2.04. The van der Waals surface area contributed by atoms with E-state index in [0.717, 1.165) is 16.9 Å². The van der Waals surface area contributed by atoms with E-state index in [2.05, 4.69) is 0 Å². The molecule has 0 aromatic heterocycles. The minimum absolute atomic E-state index is 0.139. The van der Waals surface area contributed by atoms with Gasteiger partial charge in [-0.2, -0.15) is 0 Å². The fourth-order valence-electron chi connectivity index (χ4n) is 1.60. The van der Waals surface area contributed by atoms with Crippen molar-refractivity contribution < 1.29 is 19.4 Å². The summed E-state index contributed by atoms with van der Waals surface area (Å²) >= 11 is 0. The van der Waals surface area contributed by atoms with Crippen LogP contribution in [0.5, 0.6) is 11.5 Å². The molecule has 1 aromatic rings. The summed E-state index contributed by atoms with van der Waals surface area (Å²) in [5.74, 6) is 0.666. The van der Waals surface area contributed by atoms with Gasteiger partial charge in [-0.1, -0.05) is 0 Å². The van der Waals surface area contributed by atoms with Crippen LogP contribution in [0.15, 0.2) is 12.1 Å². The molecular formula is C11H12O4. The molecule has 0 unspecified atom stereocenters. The molecule has 0 amide bonds. The number of aliphatic carboxylic acids is 1. The highest BCUT2D eigenvalue weighted by atomic mass is 16.7. The summed E-state index contributed by atoms with van der Waals surface area (Å²) in [6, 6.07) is 3.75. The van der Waals surface area contributed by atoms with Crippen LogP contribution in [0, 0.1) is 6.92 Å². The maximum atomic E-state index is 10.5. The van der Waals surface area contributed by atoms with Crippen molar-refractivity contribution in [1.29, 1.82) is 0 Å². The Bertz CT molecular complexity index is 398. The molecule has 15 heavy (non-hydrogen) atoms.